The van der Waals surface area contributed by atoms with Crippen LogP contribution in [0.3, 0.4) is 0 Å². The third kappa shape index (κ3) is 3.85. The van der Waals surface area contributed by atoms with Gasteiger partial charge in [0.1, 0.15) is 11.6 Å². The fourth-order valence-corrected chi connectivity index (χ4v) is 1.31. The first-order valence-electron chi connectivity index (χ1n) is 3.46. The molecular formula is C8H5ClF2O2S. The molecule has 0 saturated heterocycles. The molecule has 0 N–H and O–H groups in total. The van der Waals surface area contributed by atoms with Gasteiger partial charge in [-0.1, -0.05) is 0 Å². The van der Waals surface area contributed by atoms with Crippen LogP contribution in [-0.4, -0.2) is 8.42 Å². The van der Waals surface area contributed by atoms with Crippen LogP contribution in [0.15, 0.2) is 23.6 Å². The molecule has 0 spiro atoms. The standard InChI is InChI=1S/C8H5ClF2O2S/c9-14(12,13)2-1-6-3-7(10)5-8(11)4-6/h1-5H. The van der Waals surface area contributed by atoms with Gasteiger partial charge in [0.2, 0.25) is 0 Å². The van der Waals surface area contributed by atoms with Crippen LogP contribution in [0.25, 0.3) is 6.08 Å². The molecule has 0 saturated carbocycles. The summed E-state index contributed by atoms with van der Waals surface area (Å²) in [7, 11) is 1.06. The summed E-state index contributed by atoms with van der Waals surface area (Å²) < 4.78 is 46.1. The van der Waals surface area contributed by atoms with Crippen molar-refractivity contribution in [1.29, 1.82) is 0 Å². The van der Waals surface area contributed by atoms with Gasteiger partial charge >= 0.3 is 0 Å². The van der Waals surface area contributed by atoms with Crippen LogP contribution in [0.5, 0.6) is 0 Å². The van der Waals surface area contributed by atoms with Gasteiger partial charge in [0, 0.05) is 22.2 Å². The minimum Gasteiger partial charge on any atom is -0.208 e. The molecule has 0 heterocycles. The second kappa shape index (κ2) is 4.06. The van der Waals surface area contributed by atoms with E-state index in [9.17, 15) is 17.2 Å². The summed E-state index contributed by atoms with van der Waals surface area (Å²) in [6, 6.07) is 2.66. The highest BCUT2D eigenvalue weighted by Crippen LogP contribution is 2.11. The van der Waals surface area contributed by atoms with Crippen LogP contribution < -0.4 is 0 Å². The summed E-state index contributed by atoms with van der Waals surface area (Å²) in [5.41, 5.74) is 0.0896. The van der Waals surface area contributed by atoms with Gasteiger partial charge in [-0.2, -0.15) is 0 Å². The molecule has 0 unspecified atom stereocenters. The first-order valence-corrected chi connectivity index (χ1v) is 5.83. The maximum atomic E-state index is 12.6. The maximum absolute atomic E-state index is 12.6. The smallest absolute Gasteiger partial charge is 0.208 e. The average Bonchev–Trinajstić information content (AvgIpc) is 1.97. The van der Waals surface area contributed by atoms with Crippen molar-refractivity contribution in [3.05, 3.63) is 40.8 Å². The summed E-state index contributed by atoms with van der Waals surface area (Å²) in [6.45, 7) is 0. The molecule has 0 amide bonds. The lowest BCUT2D eigenvalue weighted by Gasteiger charge is -1.94. The van der Waals surface area contributed by atoms with Crippen LogP contribution in [0.1, 0.15) is 5.56 Å². The van der Waals surface area contributed by atoms with E-state index in [1.807, 2.05) is 0 Å². The van der Waals surface area contributed by atoms with Crippen LogP contribution in [0.2, 0.25) is 0 Å². The van der Waals surface area contributed by atoms with Crippen molar-refractivity contribution in [2.75, 3.05) is 0 Å². The molecular weight excluding hydrogens is 234 g/mol. The van der Waals surface area contributed by atoms with Gasteiger partial charge in [-0.25, -0.2) is 17.2 Å². The van der Waals surface area contributed by atoms with Crippen LogP contribution >= 0.6 is 10.7 Å². The first kappa shape index (κ1) is 11.1. The van der Waals surface area contributed by atoms with E-state index in [1.165, 1.54) is 0 Å². The second-order valence-electron chi connectivity index (χ2n) is 2.48. The monoisotopic (exact) mass is 238 g/mol. The van der Waals surface area contributed by atoms with E-state index in [0.29, 0.717) is 11.5 Å². The molecule has 0 bridgehead atoms. The Hall–Kier alpha value is -0.940. The zero-order valence-electron chi connectivity index (χ0n) is 6.75. The van der Waals surface area contributed by atoms with Crippen LogP contribution in [0.4, 0.5) is 8.78 Å². The van der Waals surface area contributed by atoms with E-state index in [4.69, 9.17) is 10.7 Å². The summed E-state index contributed by atoms with van der Waals surface area (Å²) in [5, 5.41) is 0.656. The van der Waals surface area contributed by atoms with E-state index < -0.39 is 20.7 Å². The van der Waals surface area contributed by atoms with Gasteiger partial charge in [0.05, 0.1) is 0 Å². The van der Waals surface area contributed by atoms with Gasteiger partial charge in [0.15, 0.2) is 0 Å². The molecule has 2 nitrogen and oxygen atoms in total. The molecule has 14 heavy (non-hydrogen) atoms. The van der Waals surface area contributed by atoms with Gasteiger partial charge < -0.3 is 0 Å². The molecule has 0 aliphatic heterocycles. The minimum atomic E-state index is -3.80. The van der Waals surface area contributed by atoms with Gasteiger partial charge in [-0.15, -0.1) is 0 Å². The van der Waals surface area contributed by atoms with Gasteiger partial charge in [-0.3, -0.25) is 0 Å². The van der Waals surface area contributed by atoms with Crippen molar-refractivity contribution in [1.82, 2.24) is 0 Å². The molecule has 1 aromatic rings. The highest BCUT2D eigenvalue weighted by atomic mass is 35.7. The molecule has 76 valence electrons. The first-order chi connectivity index (χ1) is 6.37. The zero-order chi connectivity index (χ0) is 10.8. The normalized spacial score (nSPS) is 12.2. The van der Waals surface area contributed by atoms with Crippen molar-refractivity contribution >= 4 is 25.8 Å². The van der Waals surface area contributed by atoms with E-state index >= 15 is 0 Å². The molecule has 0 atom stereocenters. The average molecular weight is 239 g/mol. The predicted octanol–water partition coefficient (Wildman–Crippen LogP) is 2.50. The van der Waals surface area contributed by atoms with E-state index in [0.717, 1.165) is 18.2 Å². The summed E-state index contributed by atoms with van der Waals surface area (Å²) in [4.78, 5) is 0. The van der Waals surface area contributed by atoms with Crippen molar-refractivity contribution < 1.29 is 17.2 Å². The number of halogens is 3. The molecule has 0 aromatic heterocycles. The Bertz CT molecular complexity index is 448. The maximum Gasteiger partial charge on any atom is 0.254 e. The predicted molar refractivity (Wildman–Crippen MR) is 50.2 cm³/mol. The Labute approximate surface area is 84.2 Å². The fraction of sp³-hybridized carbons (Fsp3) is 0. The summed E-state index contributed by atoms with van der Waals surface area (Å²) >= 11 is 0. The Morgan fingerprint density at radius 3 is 2.07 bits per heavy atom. The molecule has 0 aliphatic carbocycles. The molecule has 6 heteroatoms. The van der Waals surface area contributed by atoms with Crippen molar-refractivity contribution in [2.24, 2.45) is 0 Å². The van der Waals surface area contributed by atoms with Crippen LogP contribution in [-0.2, 0) is 9.05 Å². The second-order valence-corrected chi connectivity index (χ2v) is 4.99. The lowest BCUT2D eigenvalue weighted by molar-refractivity contribution is 0.582. The quantitative estimate of drug-likeness (QED) is 0.742. The van der Waals surface area contributed by atoms with E-state index in [2.05, 4.69) is 0 Å². The SMILES string of the molecule is O=S(=O)(Cl)C=Cc1cc(F)cc(F)c1. The Balaban J connectivity index is 3.04. The van der Waals surface area contributed by atoms with Crippen LogP contribution in [0, 0.1) is 11.6 Å². The number of rotatable bonds is 2. The summed E-state index contributed by atoms with van der Waals surface area (Å²) in [5.74, 6) is -1.56. The van der Waals surface area contributed by atoms with Crippen molar-refractivity contribution in [3.63, 3.8) is 0 Å². The number of hydrogen-bond donors (Lipinski definition) is 0. The Morgan fingerprint density at radius 1 is 1.14 bits per heavy atom. The third-order valence-corrected chi connectivity index (χ3v) is 2.08. The highest BCUT2D eigenvalue weighted by molar-refractivity contribution is 8.16. The topological polar surface area (TPSA) is 34.1 Å². The largest absolute Gasteiger partial charge is 0.254 e. The molecule has 1 rings (SSSR count). The Kier molecular flexibility index (Phi) is 3.23. The Morgan fingerprint density at radius 2 is 1.64 bits per heavy atom. The lowest BCUT2D eigenvalue weighted by Crippen LogP contribution is -1.83. The van der Waals surface area contributed by atoms with Gasteiger partial charge in [-0.05, 0) is 23.8 Å². The van der Waals surface area contributed by atoms with Crippen molar-refractivity contribution in [2.45, 2.75) is 0 Å². The third-order valence-electron chi connectivity index (χ3n) is 1.31. The molecule has 0 radical (unpaired) electrons. The fourth-order valence-electron chi connectivity index (χ4n) is 0.831. The zero-order valence-corrected chi connectivity index (χ0v) is 8.32. The van der Waals surface area contributed by atoms with Gasteiger partial charge in [0.25, 0.3) is 9.05 Å². The van der Waals surface area contributed by atoms with E-state index in [-0.39, 0.29) is 5.56 Å². The minimum absolute atomic E-state index is 0.0896. The number of hydrogen-bond acceptors (Lipinski definition) is 2. The molecule has 0 aliphatic rings. The van der Waals surface area contributed by atoms with E-state index in [1.54, 1.807) is 0 Å². The lowest BCUT2D eigenvalue weighted by atomic mass is 10.2. The summed E-state index contributed by atoms with van der Waals surface area (Å²) in [6.07, 6.45) is 1.01. The number of benzene rings is 1. The molecule has 0 fully saturated rings. The molecule has 1 aromatic carbocycles. The highest BCUT2D eigenvalue weighted by Gasteiger charge is 2.00. The van der Waals surface area contributed by atoms with Crippen molar-refractivity contribution in [3.8, 4) is 0 Å².